The summed E-state index contributed by atoms with van der Waals surface area (Å²) in [6, 6.07) is 0. The molecule has 0 amide bonds. The second kappa shape index (κ2) is 5.11. The van der Waals surface area contributed by atoms with E-state index in [2.05, 4.69) is 20.8 Å². The summed E-state index contributed by atoms with van der Waals surface area (Å²) in [5.41, 5.74) is 2.70. The molecule has 0 N–H and O–H groups in total. The van der Waals surface area contributed by atoms with Gasteiger partial charge in [0, 0.05) is 12.8 Å². The third kappa shape index (κ3) is 4.77. The maximum Gasteiger partial charge on any atom is 0.132 e. The van der Waals surface area contributed by atoms with Crippen molar-refractivity contribution in [1.82, 2.24) is 0 Å². The van der Waals surface area contributed by atoms with Crippen LogP contribution < -0.4 is 0 Å². The Labute approximate surface area is 69.5 Å². The van der Waals surface area contributed by atoms with Gasteiger partial charge in [-0.3, -0.25) is 4.79 Å². The van der Waals surface area contributed by atoms with Crippen LogP contribution >= 0.6 is 0 Å². The number of Topliss-reactive ketones (excluding diaryl/α,β-unsaturated/α-hetero) is 1. The van der Waals surface area contributed by atoms with Crippen LogP contribution in [-0.2, 0) is 4.79 Å². The van der Waals surface area contributed by atoms with Crippen LogP contribution in [0.5, 0.6) is 0 Å². The molecule has 0 aromatic heterocycles. The molecule has 0 aliphatic rings. The number of rotatable bonds is 4. The Morgan fingerprint density at radius 2 is 1.64 bits per heavy atom. The van der Waals surface area contributed by atoms with Gasteiger partial charge >= 0.3 is 0 Å². The molecule has 1 nitrogen and oxygen atoms in total. The van der Waals surface area contributed by atoms with Gasteiger partial charge in [-0.05, 0) is 27.2 Å². The van der Waals surface area contributed by atoms with Gasteiger partial charge in [-0.25, -0.2) is 0 Å². The number of carbonyl (C=O) groups excluding carboxylic acids is 1. The lowest BCUT2D eigenvalue weighted by Crippen LogP contribution is -1.95. The van der Waals surface area contributed by atoms with Crippen molar-refractivity contribution in [3.8, 4) is 0 Å². The van der Waals surface area contributed by atoms with E-state index in [-0.39, 0.29) is 0 Å². The summed E-state index contributed by atoms with van der Waals surface area (Å²) in [6.45, 7) is 8.19. The molecule has 0 aliphatic heterocycles. The van der Waals surface area contributed by atoms with E-state index in [0.717, 1.165) is 6.42 Å². The lowest BCUT2D eigenvalue weighted by atomic mass is 10.0. The van der Waals surface area contributed by atoms with Crippen molar-refractivity contribution in [2.75, 3.05) is 0 Å². The molecule has 0 aromatic carbocycles. The van der Waals surface area contributed by atoms with Gasteiger partial charge in [-0.15, -0.1) is 0 Å². The Kier molecular flexibility index (Phi) is 4.84. The summed E-state index contributed by atoms with van der Waals surface area (Å²) in [5, 5.41) is 0. The first-order chi connectivity index (χ1) is 5.07. The van der Waals surface area contributed by atoms with E-state index in [4.69, 9.17) is 0 Å². The molecule has 0 spiro atoms. The fourth-order valence-electron chi connectivity index (χ4n) is 0.754. The molecule has 0 saturated heterocycles. The first-order valence-corrected chi connectivity index (χ1v) is 4.22. The molecular formula is C10H18O. The van der Waals surface area contributed by atoms with E-state index in [9.17, 15) is 4.79 Å². The third-order valence-corrected chi connectivity index (χ3v) is 2.03. The van der Waals surface area contributed by atoms with Gasteiger partial charge in [-0.2, -0.15) is 0 Å². The van der Waals surface area contributed by atoms with E-state index < -0.39 is 0 Å². The van der Waals surface area contributed by atoms with Crippen LogP contribution in [0.2, 0.25) is 0 Å². The molecule has 11 heavy (non-hydrogen) atoms. The summed E-state index contributed by atoms with van der Waals surface area (Å²) in [7, 11) is 0. The lowest BCUT2D eigenvalue weighted by molar-refractivity contribution is -0.118. The number of ketones is 1. The normalized spacial score (nSPS) is 9.45. The maximum absolute atomic E-state index is 10.9. The molecule has 0 aromatic rings. The van der Waals surface area contributed by atoms with Gasteiger partial charge in [0.1, 0.15) is 5.78 Å². The van der Waals surface area contributed by atoms with Gasteiger partial charge < -0.3 is 0 Å². The molecule has 0 fully saturated rings. The summed E-state index contributed by atoms with van der Waals surface area (Å²) in [5.74, 6) is 0.366. The molecule has 0 rings (SSSR count). The molecule has 0 saturated carbocycles. The van der Waals surface area contributed by atoms with E-state index in [1.807, 2.05) is 6.92 Å². The molecule has 0 atom stereocenters. The van der Waals surface area contributed by atoms with Crippen LogP contribution in [-0.4, -0.2) is 5.78 Å². The Morgan fingerprint density at radius 3 is 2.00 bits per heavy atom. The Bertz CT molecular complexity index is 162. The van der Waals surface area contributed by atoms with E-state index in [1.54, 1.807) is 0 Å². The van der Waals surface area contributed by atoms with Crippen molar-refractivity contribution in [2.24, 2.45) is 0 Å². The van der Waals surface area contributed by atoms with E-state index in [1.165, 1.54) is 11.1 Å². The van der Waals surface area contributed by atoms with Crippen LogP contribution in [0.25, 0.3) is 0 Å². The summed E-state index contributed by atoms with van der Waals surface area (Å²) < 4.78 is 0. The lowest BCUT2D eigenvalue weighted by Gasteiger charge is -2.01. The zero-order chi connectivity index (χ0) is 8.85. The third-order valence-electron chi connectivity index (χ3n) is 2.03. The van der Waals surface area contributed by atoms with Crippen LogP contribution in [0.3, 0.4) is 0 Å². The number of hydrogen-bond donors (Lipinski definition) is 0. The Morgan fingerprint density at radius 1 is 1.09 bits per heavy atom. The summed E-state index contributed by atoms with van der Waals surface area (Å²) in [4.78, 5) is 10.9. The zero-order valence-electron chi connectivity index (χ0n) is 8.03. The highest BCUT2D eigenvalue weighted by Gasteiger charge is 1.98. The predicted molar refractivity (Wildman–Crippen MR) is 48.6 cm³/mol. The highest BCUT2D eigenvalue weighted by atomic mass is 16.1. The average Bonchev–Trinajstić information content (AvgIpc) is 1.99. The average molecular weight is 154 g/mol. The predicted octanol–water partition coefficient (Wildman–Crippen LogP) is 3.10. The van der Waals surface area contributed by atoms with Crippen molar-refractivity contribution in [3.63, 3.8) is 0 Å². The van der Waals surface area contributed by atoms with E-state index in [0.29, 0.717) is 18.6 Å². The van der Waals surface area contributed by atoms with Crippen LogP contribution in [0, 0.1) is 0 Å². The molecular weight excluding hydrogens is 136 g/mol. The minimum atomic E-state index is 0.366. The maximum atomic E-state index is 10.9. The fourth-order valence-corrected chi connectivity index (χ4v) is 0.754. The van der Waals surface area contributed by atoms with E-state index >= 15 is 0 Å². The Hall–Kier alpha value is -0.590. The van der Waals surface area contributed by atoms with Gasteiger partial charge in [-0.1, -0.05) is 18.1 Å². The number of allylic oxidation sites excluding steroid dienone is 2. The highest BCUT2D eigenvalue weighted by Crippen LogP contribution is 2.10. The first kappa shape index (κ1) is 10.4. The van der Waals surface area contributed by atoms with Crippen molar-refractivity contribution < 1.29 is 4.79 Å². The molecule has 0 heterocycles. The topological polar surface area (TPSA) is 17.1 Å². The molecule has 64 valence electrons. The quantitative estimate of drug-likeness (QED) is 0.569. The van der Waals surface area contributed by atoms with Gasteiger partial charge in [0.05, 0.1) is 0 Å². The van der Waals surface area contributed by atoms with Crippen molar-refractivity contribution in [2.45, 2.75) is 47.0 Å². The van der Waals surface area contributed by atoms with Gasteiger partial charge in [0.15, 0.2) is 0 Å². The fraction of sp³-hybridized carbons (Fsp3) is 0.700. The number of carbonyl (C=O) groups is 1. The van der Waals surface area contributed by atoms with Crippen molar-refractivity contribution in [1.29, 1.82) is 0 Å². The minimum absolute atomic E-state index is 0.366. The Balaban J connectivity index is 3.72. The molecule has 0 bridgehead atoms. The number of hydrogen-bond acceptors (Lipinski definition) is 1. The molecule has 0 radical (unpaired) electrons. The van der Waals surface area contributed by atoms with Crippen LogP contribution in [0.1, 0.15) is 47.0 Å². The minimum Gasteiger partial charge on any atom is -0.300 e. The van der Waals surface area contributed by atoms with Gasteiger partial charge in [0.25, 0.3) is 0 Å². The molecule has 0 aliphatic carbocycles. The largest absolute Gasteiger partial charge is 0.300 e. The highest BCUT2D eigenvalue weighted by molar-refractivity contribution is 5.78. The zero-order valence-corrected chi connectivity index (χ0v) is 8.03. The molecule has 1 heteroatoms. The summed E-state index contributed by atoms with van der Waals surface area (Å²) in [6.07, 6.45) is 2.33. The first-order valence-electron chi connectivity index (χ1n) is 4.22. The smallest absolute Gasteiger partial charge is 0.132 e. The summed E-state index contributed by atoms with van der Waals surface area (Å²) >= 11 is 0. The van der Waals surface area contributed by atoms with Crippen LogP contribution in [0.4, 0.5) is 0 Å². The standard InChI is InChI=1S/C10H18O/c1-5-10(11)7-6-9(4)8(2)3/h5-7H2,1-4H3. The SMILES string of the molecule is CCC(=O)CCC(C)=C(C)C. The van der Waals surface area contributed by atoms with Crippen LogP contribution in [0.15, 0.2) is 11.1 Å². The second-order valence-electron chi connectivity index (χ2n) is 3.17. The van der Waals surface area contributed by atoms with Crippen molar-refractivity contribution in [3.05, 3.63) is 11.1 Å². The van der Waals surface area contributed by atoms with Gasteiger partial charge in [0.2, 0.25) is 0 Å². The van der Waals surface area contributed by atoms with Crippen molar-refractivity contribution >= 4 is 5.78 Å². The monoisotopic (exact) mass is 154 g/mol. The molecule has 0 unspecified atom stereocenters. The second-order valence-corrected chi connectivity index (χ2v) is 3.17.